The van der Waals surface area contributed by atoms with E-state index in [1.807, 2.05) is 12.1 Å². The van der Waals surface area contributed by atoms with Crippen LogP contribution >= 0.6 is 0 Å². The molecule has 0 aliphatic carbocycles. The van der Waals surface area contributed by atoms with Crippen LogP contribution in [-0.4, -0.2) is 59.3 Å². The van der Waals surface area contributed by atoms with Crippen LogP contribution in [0.15, 0.2) is 18.2 Å². The summed E-state index contributed by atoms with van der Waals surface area (Å²) in [6.07, 6.45) is 2.27. The van der Waals surface area contributed by atoms with Gasteiger partial charge in [-0.05, 0) is 82.8 Å². The van der Waals surface area contributed by atoms with E-state index in [0.29, 0.717) is 18.9 Å². The van der Waals surface area contributed by atoms with Gasteiger partial charge in [0.2, 0.25) is 0 Å². The number of piperidine rings is 1. The largest absolute Gasteiger partial charge is 1.00 e. The Bertz CT molecular complexity index is 730. The zero-order valence-corrected chi connectivity index (χ0v) is 17.7. The minimum absolute atomic E-state index is 0. The van der Waals surface area contributed by atoms with Gasteiger partial charge >= 0.3 is 30.9 Å². The number of amides is 1. The molecule has 1 atom stereocenters. The van der Waals surface area contributed by atoms with Gasteiger partial charge in [-0.3, -0.25) is 4.90 Å². The van der Waals surface area contributed by atoms with Gasteiger partial charge in [-0.2, -0.15) is 0 Å². The molecule has 2 aliphatic heterocycles. The molecule has 0 aromatic heterocycles. The van der Waals surface area contributed by atoms with Crippen LogP contribution in [0.1, 0.15) is 63.7 Å². The summed E-state index contributed by atoms with van der Waals surface area (Å²) in [6, 6.07) is 4.93. The molecule has 1 unspecified atom stereocenters. The summed E-state index contributed by atoms with van der Waals surface area (Å²) in [6.45, 7) is 7.84. The Labute approximate surface area is 180 Å². The number of carbonyl (C=O) groups excluding carboxylic acids is 1. The number of carbonyl (C=O) groups is 2. The van der Waals surface area contributed by atoms with E-state index in [4.69, 9.17) is 4.74 Å². The first-order chi connectivity index (χ1) is 12.7. The van der Waals surface area contributed by atoms with Crippen molar-refractivity contribution in [2.75, 3.05) is 26.7 Å². The van der Waals surface area contributed by atoms with Crippen molar-refractivity contribution in [3.8, 4) is 0 Å². The maximum Gasteiger partial charge on any atom is 1.00 e. The summed E-state index contributed by atoms with van der Waals surface area (Å²) in [5, 5.41) is 9.88. The van der Waals surface area contributed by atoms with Gasteiger partial charge in [0.25, 0.3) is 0 Å². The van der Waals surface area contributed by atoms with E-state index in [2.05, 4.69) is 18.0 Å². The Morgan fingerprint density at radius 3 is 2.32 bits per heavy atom. The average molecular weight is 382 g/mol. The van der Waals surface area contributed by atoms with Crippen LogP contribution < -0.4 is 18.9 Å². The predicted molar refractivity (Wildman–Crippen MR) is 104 cm³/mol. The first-order valence-corrected chi connectivity index (χ1v) is 9.70. The third-order valence-electron chi connectivity index (χ3n) is 5.48. The summed E-state index contributed by atoms with van der Waals surface area (Å²) in [5.41, 5.74) is 2.45. The number of carboxylic acid groups (broad SMARTS) is 1. The molecular weight excluding hydrogens is 351 g/mol. The van der Waals surface area contributed by atoms with E-state index in [1.54, 1.807) is 20.8 Å². The van der Waals surface area contributed by atoms with Gasteiger partial charge in [-0.15, -0.1) is 0 Å². The molecule has 2 aliphatic rings. The quantitative estimate of drug-likeness (QED) is 0.756. The molecule has 0 saturated carbocycles. The molecule has 28 heavy (non-hydrogen) atoms. The van der Waals surface area contributed by atoms with Crippen LogP contribution in [0.3, 0.4) is 0 Å². The number of fused-ring (bicyclic) bond motifs is 1. The number of ether oxygens (including phenoxy) is 1. The van der Waals surface area contributed by atoms with Crippen LogP contribution in [0.25, 0.3) is 0 Å². The second-order valence-corrected chi connectivity index (χ2v) is 8.66. The molecule has 1 saturated heterocycles. The fourth-order valence-corrected chi connectivity index (χ4v) is 4.18. The Kier molecular flexibility index (Phi) is 7.25. The Morgan fingerprint density at radius 2 is 1.75 bits per heavy atom. The molecule has 1 fully saturated rings. The number of benzene rings is 1. The minimum atomic E-state index is -1.01. The van der Waals surface area contributed by atoms with E-state index >= 15 is 0 Å². The zero-order valence-electron chi connectivity index (χ0n) is 18.7. The molecule has 7 heteroatoms. The standard InChI is InChI=1S/C21H30N2O4.Li.H/c1-21(2,3)27-20(26)23-13-10-16-15(14-8-11-22(4)12-9-14)6-5-7-17(16)18(23)19(24)25;;/h5-7,14,18H,8-13H2,1-4H3,(H,24,25);;/q;+1;-1. The molecule has 1 amide bonds. The molecular formula is C21H31LiN2O4. The maximum absolute atomic E-state index is 12.6. The van der Waals surface area contributed by atoms with Crippen molar-refractivity contribution in [1.82, 2.24) is 9.80 Å². The summed E-state index contributed by atoms with van der Waals surface area (Å²) >= 11 is 0. The summed E-state index contributed by atoms with van der Waals surface area (Å²) in [4.78, 5) is 28.4. The molecule has 3 rings (SSSR count). The predicted octanol–water partition coefficient (Wildman–Crippen LogP) is 0.531. The molecule has 0 radical (unpaired) electrons. The number of rotatable bonds is 2. The van der Waals surface area contributed by atoms with Crippen molar-refractivity contribution < 1.29 is 39.7 Å². The van der Waals surface area contributed by atoms with Gasteiger partial charge < -0.3 is 16.2 Å². The van der Waals surface area contributed by atoms with E-state index in [1.165, 1.54) is 10.5 Å². The van der Waals surface area contributed by atoms with Gasteiger partial charge in [0, 0.05) is 6.54 Å². The summed E-state index contributed by atoms with van der Waals surface area (Å²) in [5.74, 6) is -0.555. The van der Waals surface area contributed by atoms with E-state index in [-0.39, 0.29) is 20.3 Å². The zero-order chi connectivity index (χ0) is 19.8. The molecule has 1 aromatic rings. The summed E-state index contributed by atoms with van der Waals surface area (Å²) < 4.78 is 5.45. The smallest absolute Gasteiger partial charge is 1.00 e. The van der Waals surface area contributed by atoms with Crippen molar-refractivity contribution in [1.29, 1.82) is 0 Å². The van der Waals surface area contributed by atoms with Crippen LogP contribution in [0.5, 0.6) is 0 Å². The molecule has 2 heterocycles. The van der Waals surface area contributed by atoms with Crippen molar-refractivity contribution in [2.45, 2.75) is 57.6 Å². The molecule has 0 spiro atoms. The molecule has 0 bridgehead atoms. The fraction of sp³-hybridized carbons (Fsp3) is 0.619. The molecule has 150 valence electrons. The SMILES string of the molecule is CN1CCC(c2cccc3c2CCN(C(=O)OC(C)(C)C)C3C(=O)O)CC1.[H-].[Li+]. The number of carboxylic acids is 1. The van der Waals surface area contributed by atoms with Crippen LogP contribution in [-0.2, 0) is 16.0 Å². The Morgan fingerprint density at radius 1 is 1.14 bits per heavy atom. The van der Waals surface area contributed by atoms with Crippen LogP contribution in [0.2, 0.25) is 0 Å². The van der Waals surface area contributed by atoms with Gasteiger partial charge in [0.15, 0.2) is 6.04 Å². The van der Waals surface area contributed by atoms with Crippen molar-refractivity contribution in [3.05, 3.63) is 34.9 Å². The molecule has 1 aromatic carbocycles. The first kappa shape index (κ1) is 22.8. The van der Waals surface area contributed by atoms with Crippen LogP contribution in [0, 0.1) is 0 Å². The number of aliphatic carboxylic acids is 1. The second kappa shape index (κ2) is 8.90. The third kappa shape index (κ3) is 4.92. The fourth-order valence-electron chi connectivity index (χ4n) is 4.18. The number of nitrogens with zero attached hydrogens (tertiary/aromatic N) is 2. The Hall–Kier alpha value is -1.48. The molecule has 6 nitrogen and oxygen atoms in total. The van der Waals surface area contributed by atoms with Crippen molar-refractivity contribution in [2.24, 2.45) is 0 Å². The van der Waals surface area contributed by atoms with E-state index < -0.39 is 23.7 Å². The number of hydrogen-bond donors (Lipinski definition) is 1. The van der Waals surface area contributed by atoms with Gasteiger partial charge in [0.1, 0.15) is 5.60 Å². The first-order valence-electron chi connectivity index (χ1n) is 9.70. The van der Waals surface area contributed by atoms with Crippen LogP contribution in [0.4, 0.5) is 4.79 Å². The molecule has 1 N–H and O–H groups in total. The maximum atomic E-state index is 12.6. The van der Waals surface area contributed by atoms with Gasteiger partial charge in [-0.25, -0.2) is 9.59 Å². The van der Waals surface area contributed by atoms with E-state index in [0.717, 1.165) is 37.1 Å². The normalized spacial score (nSPS) is 20.9. The summed E-state index contributed by atoms with van der Waals surface area (Å²) in [7, 11) is 2.13. The monoisotopic (exact) mass is 382 g/mol. The second-order valence-electron chi connectivity index (χ2n) is 8.66. The Balaban J connectivity index is 0.00000210. The van der Waals surface area contributed by atoms with E-state index in [9.17, 15) is 14.7 Å². The average Bonchev–Trinajstić information content (AvgIpc) is 2.59. The van der Waals surface area contributed by atoms with Gasteiger partial charge in [0.05, 0.1) is 0 Å². The van der Waals surface area contributed by atoms with Gasteiger partial charge in [-0.1, -0.05) is 18.2 Å². The number of likely N-dealkylation sites (tertiary alicyclic amines) is 1. The minimum Gasteiger partial charge on any atom is -1.00 e. The topological polar surface area (TPSA) is 70.1 Å². The van der Waals surface area contributed by atoms with Crippen molar-refractivity contribution in [3.63, 3.8) is 0 Å². The third-order valence-corrected chi connectivity index (χ3v) is 5.48. The number of hydrogen-bond acceptors (Lipinski definition) is 4. The van der Waals surface area contributed by atoms with Crippen molar-refractivity contribution >= 4 is 12.1 Å².